The summed E-state index contributed by atoms with van der Waals surface area (Å²) in [6, 6.07) is 3.30. The number of ether oxygens (including phenoxy) is 1. The number of hydrogen-bond acceptors (Lipinski definition) is 4. The zero-order valence-corrected chi connectivity index (χ0v) is 17.5. The molecule has 0 bridgehead atoms. The molecule has 5 nitrogen and oxygen atoms in total. The Hall–Kier alpha value is -2.36. The van der Waals surface area contributed by atoms with E-state index in [4.69, 9.17) is 9.52 Å². The van der Waals surface area contributed by atoms with E-state index in [1.54, 1.807) is 0 Å². The van der Waals surface area contributed by atoms with Crippen LogP contribution in [0.1, 0.15) is 48.0 Å². The van der Waals surface area contributed by atoms with Crippen molar-refractivity contribution in [1.82, 2.24) is 4.98 Å². The third-order valence-electron chi connectivity index (χ3n) is 5.48. The number of halogens is 4. The van der Waals surface area contributed by atoms with E-state index in [2.05, 4.69) is 4.98 Å². The van der Waals surface area contributed by atoms with Gasteiger partial charge in [-0.15, -0.1) is 0 Å². The molecule has 0 saturated heterocycles. The Morgan fingerprint density at radius 2 is 1.93 bits per heavy atom. The van der Waals surface area contributed by atoms with E-state index in [0.717, 1.165) is 18.4 Å². The fourth-order valence-electron chi connectivity index (χ4n) is 4.26. The maximum absolute atomic E-state index is 14.3. The van der Waals surface area contributed by atoms with Gasteiger partial charge in [-0.1, -0.05) is 6.07 Å². The van der Waals surface area contributed by atoms with Gasteiger partial charge in [-0.3, -0.25) is 4.79 Å². The molecule has 1 saturated carbocycles. The molecule has 3 rings (SSSR count). The number of H-pyrrole nitrogens is 1. The first-order valence-corrected chi connectivity index (χ1v) is 11.2. The normalized spacial score (nSPS) is 23.0. The Balaban J connectivity index is 2.18. The van der Waals surface area contributed by atoms with Gasteiger partial charge < -0.3 is 9.72 Å². The minimum atomic E-state index is -3.32. The molecule has 2 N–H and O–H groups in total. The molecule has 1 fully saturated rings. The molecule has 1 aliphatic rings. The van der Waals surface area contributed by atoms with Crippen LogP contribution < -0.4 is 10.2 Å². The number of aromatic amines is 1. The first kappa shape index (κ1) is 22.3. The fraction of sp³-hybridized carbons (Fsp3) is 0.450. The van der Waals surface area contributed by atoms with E-state index in [1.807, 2.05) is 0 Å². The van der Waals surface area contributed by atoms with Gasteiger partial charge in [0.25, 0.3) is 0 Å². The molecule has 30 heavy (non-hydrogen) atoms. The minimum Gasteiger partial charge on any atom is -0.493 e. The van der Waals surface area contributed by atoms with Crippen molar-refractivity contribution in [2.24, 2.45) is 0 Å². The Morgan fingerprint density at radius 3 is 2.50 bits per heavy atom. The summed E-state index contributed by atoms with van der Waals surface area (Å²) >= 11 is 0. The lowest BCUT2D eigenvalue weighted by Gasteiger charge is -2.37. The molecule has 2 unspecified atom stereocenters. The summed E-state index contributed by atoms with van der Waals surface area (Å²) in [5, 5.41) is 0. The Kier molecular flexibility index (Phi) is 5.74. The molecule has 0 aliphatic heterocycles. The van der Waals surface area contributed by atoms with Gasteiger partial charge >= 0.3 is 0 Å². The van der Waals surface area contributed by atoms with E-state index < -0.39 is 57.4 Å². The Bertz CT molecular complexity index is 1150. The van der Waals surface area contributed by atoms with E-state index >= 15 is 0 Å². The third-order valence-corrected chi connectivity index (χ3v) is 6.77. The maximum Gasteiger partial charge on any atom is 0.248 e. The number of benzene rings is 1. The van der Waals surface area contributed by atoms with Crippen molar-refractivity contribution in [2.45, 2.75) is 48.8 Å². The third kappa shape index (κ3) is 4.10. The number of methoxy groups -OCH3 is 1. The van der Waals surface area contributed by atoms with Crippen LogP contribution >= 0.6 is 0 Å². The molecule has 2 aromatic rings. The van der Waals surface area contributed by atoms with Crippen molar-refractivity contribution in [3.8, 4) is 5.75 Å². The Morgan fingerprint density at radius 1 is 1.27 bits per heavy atom. The van der Waals surface area contributed by atoms with Crippen LogP contribution in [0, 0.1) is 23.3 Å². The van der Waals surface area contributed by atoms with Crippen LogP contribution in [-0.2, 0) is 9.73 Å². The summed E-state index contributed by atoms with van der Waals surface area (Å²) in [6.07, 6.45) is 0.00287. The van der Waals surface area contributed by atoms with Gasteiger partial charge in [0.2, 0.25) is 11.7 Å². The quantitative estimate of drug-likeness (QED) is 0.669. The van der Waals surface area contributed by atoms with Crippen LogP contribution in [0.5, 0.6) is 5.75 Å². The highest BCUT2D eigenvalue weighted by molar-refractivity contribution is 7.91. The number of aromatic nitrogens is 1. The predicted octanol–water partition coefficient (Wildman–Crippen LogP) is 4.69. The molecule has 0 radical (unpaired) electrons. The molecular formula is C20H22F4N2O3S. The van der Waals surface area contributed by atoms with Gasteiger partial charge in [0.15, 0.2) is 17.0 Å². The van der Waals surface area contributed by atoms with Crippen molar-refractivity contribution in [2.75, 3.05) is 13.4 Å². The fourth-order valence-corrected chi connectivity index (χ4v) is 5.34. The number of aryl methyl sites for hydroxylation is 1. The van der Waals surface area contributed by atoms with Crippen LogP contribution in [0.2, 0.25) is 0 Å². The van der Waals surface area contributed by atoms with Crippen LogP contribution in [0.4, 0.5) is 17.6 Å². The highest BCUT2D eigenvalue weighted by atomic mass is 32.2. The lowest BCUT2D eigenvalue weighted by molar-refractivity contribution is -0.0467. The van der Waals surface area contributed by atoms with Crippen LogP contribution in [0.15, 0.2) is 27.9 Å². The van der Waals surface area contributed by atoms with Gasteiger partial charge in [0, 0.05) is 48.0 Å². The monoisotopic (exact) mass is 446 g/mol. The second-order valence-electron chi connectivity index (χ2n) is 7.68. The molecule has 1 aromatic heterocycles. The molecule has 10 heteroatoms. The Labute approximate surface area is 171 Å². The molecule has 0 amide bonds. The zero-order valence-electron chi connectivity index (χ0n) is 16.7. The second kappa shape index (κ2) is 7.72. The van der Waals surface area contributed by atoms with Gasteiger partial charge in [-0.05, 0) is 25.3 Å². The largest absolute Gasteiger partial charge is 0.493 e. The standard InChI is InChI=1S/C20H22F4N2O3S/c1-10-19(30(3,25)28)16(27)8-15(26-10)13-9-20(23,24)7-6-11(13)12-4-5-14(21)17(22)18(12)29-2/h4-5,8,11,13,25H,6-7,9H2,1-3H3,(H,26,27)/t11-,13?,30?/m0/s1. The smallest absolute Gasteiger partial charge is 0.248 e. The van der Waals surface area contributed by atoms with Gasteiger partial charge in [0.05, 0.1) is 16.8 Å². The average molecular weight is 446 g/mol. The topological polar surface area (TPSA) is 83.0 Å². The molecule has 1 aliphatic carbocycles. The summed E-state index contributed by atoms with van der Waals surface area (Å²) in [5.74, 6) is -7.27. The van der Waals surface area contributed by atoms with Gasteiger partial charge in [-0.25, -0.2) is 22.2 Å². The number of rotatable bonds is 4. The highest BCUT2D eigenvalue weighted by Gasteiger charge is 2.44. The van der Waals surface area contributed by atoms with Crippen molar-refractivity contribution in [3.63, 3.8) is 0 Å². The van der Waals surface area contributed by atoms with Crippen LogP contribution in [-0.4, -0.2) is 28.5 Å². The van der Waals surface area contributed by atoms with Crippen LogP contribution in [0.3, 0.4) is 0 Å². The van der Waals surface area contributed by atoms with Gasteiger partial charge in [0.1, 0.15) is 4.90 Å². The molecule has 3 atom stereocenters. The highest BCUT2D eigenvalue weighted by Crippen LogP contribution is 2.51. The average Bonchev–Trinajstić information content (AvgIpc) is 2.61. The number of hydrogen-bond donors (Lipinski definition) is 2. The lowest BCUT2D eigenvalue weighted by Crippen LogP contribution is -2.32. The van der Waals surface area contributed by atoms with E-state index in [-0.39, 0.29) is 34.0 Å². The van der Waals surface area contributed by atoms with Crippen molar-refractivity contribution in [1.29, 1.82) is 4.78 Å². The molecular weight excluding hydrogens is 424 g/mol. The minimum absolute atomic E-state index is 0.0368. The summed E-state index contributed by atoms with van der Waals surface area (Å²) in [5.41, 5.74) is -0.126. The lowest BCUT2D eigenvalue weighted by atomic mass is 9.72. The van der Waals surface area contributed by atoms with Gasteiger partial charge in [-0.2, -0.15) is 4.39 Å². The number of alkyl halides is 2. The summed E-state index contributed by atoms with van der Waals surface area (Å²) in [6.45, 7) is 1.45. The van der Waals surface area contributed by atoms with E-state index in [1.165, 1.54) is 20.1 Å². The summed E-state index contributed by atoms with van der Waals surface area (Å²) in [7, 11) is -2.16. The molecule has 1 heterocycles. The number of pyridine rings is 1. The summed E-state index contributed by atoms with van der Waals surface area (Å²) < 4.78 is 81.3. The SMILES string of the molecule is COc1c([C@@H]2CCC(F)(F)CC2c2cc(=O)c(S(C)(=N)=O)c(C)[nH]2)ccc(F)c1F. The zero-order chi connectivity index (χ0) is 22.4. The maximum atomic E-state index is 14.3. The second-order valence-corrected chi connectivity index (χ2v) is 9.78. The predicted molar refractivity (Wildman–Crippen MR) is 104 cm³/mol. The van der Waals surface area contributed by atoms with Crippen molar-refractivity contribution >= 4 is 9.73 Å². The van der Waals surface area contributed by atoms with Crippen LogP contribution in [0.25, 0.3) is 0 Å². The van der Waals surface area contributed by atoms with Crippen molar-refractivity contribution in [3.05, 3.63) is 57.0 Å². The van der Waals surface area contributed by atoms with Crippen molar-refractivity contribution < 1.29 is 26.5 Å². The number of nitrogens with one attached hydrogen (secondary N) is 2. The molecule has 0 spiro atoms. The first-order chi connectivity index (χ1) is 13.9. The molecule has 164 valence electrons. The molecule has 1 aromatic carbocycles. The van der Waals surface area contributed by atoms with E-state index in [0.29, 0.717) is 0 Å². The summed E-state index contributed by atoms with van der Waals surface area (Å²) in [4.78, 5) is 15.2. The van der Waals surface area contributed by atoms with E-state index in [9.17, 15) is 26.6 Å². The first-order valence-electron chi connectivity index (χ1n) is 9.23.